The summed E-state index contributed by atoms with van der Waals surface area (Å²) in [5.41, 5.74) is 2.57. The number of nitrogens with zero attached hydrogens (tertiary/aromatic N) is 1. The maximum Gasteiger partial charge on any atom is 0.268 e. The summed E-state index contributed by atoms with van der Waals surface area (Å²) < 4.78 is 14.5. The highest BCUT2D eigenvalue weighted by Crippen LogP contribution is 2.34. The molecular formula is C21H21BrN2O3. The van der Waals surface area contributed by atoms with Gasteiger partial charge in [0.25, 0.3) is 5.91 Å². The molecule has 0 saturated carbocycles. The van der Waals surface area contributed by atoms with Crippen molar-refractivity contribution in [2.24, 2.45) is 0 Å². The average Bonchev–Trinajstić information content (AvgIpc) is 3.06. The van der Waals surface area contributed by atoms with E-state index in [4.69, 9.17) is 9.47 Å². The molecule has 0 fully saturated rings. The molecule has 6 heteroatoms. The third-order valence-corrected chi connectivity index (χ3v) is 5.43. The maximum atomic E-state index is 13.0. The predicted molar refractivity (Wildman–Crippen MR) is 109 cm³/mol. The molecule has 3 aromatic rings. The highest BCUT2D eigenvalue weighted by molar-refractivity contribution is 9.10. The first-order valence-electron chi connectivity index (χ1n) is 9.00. The maximum absolute atomic E-state index is 13.0. The van der Waals surface area contributed by atoms with E-state index in [-0.39, 0.29) is 12.0 Å². The van der Waals surface area contributed by atoms with E-state index in [0.717, 1.165) is 38.9 Å². The van der Waals surface area contributed by atoms with Gasteiger partial charge in [-0.2, -0.15) is 0 Å². The Labute approximate surface area is 166 Å². The van der Waals surface area contributed by atoms with Crippen LogP contribution in [0.15, 0.2) is 46.9 Å². The zero-order chi connectivity index (χ0) is 19.0. The highest BCUT2D eigenvalue weighted by Gasteiger charge is 2.25. The molecule has 140 valence electrons. The number of rotatable bonds is 5. The minimum atomic E-state index is -0.101. The molecule has 1 aliphatic heterocycles. The number of para-hydroxylation sites is 1. The van der Waals surface area contributed by atoms with Crippen molar-refractivity contribution in [3.05, 3.63) is 58.2 Å². The summed E-state index contributed by atoms with van der Waals surface area (Å²) in [6.07, 6.45) is 0.969. The first kappa shape index (κ1) is 17.9. The third kappa shape index (κ3) is 3.30. The van der Waals surface area contributed by atoms with Gasteiger partial charge in [0, 0.05) is 22.0 Å². The van der Waals surface area contributed by atoms with Crippen LogP contribution >= 0.6 is 15.9 Å². The Hall–Kier alpha value is -2.47. The van der Waals surface area contributed by atoms with E-state index in [1.165, 1.54) is 0 Å². The fraction of sp³-hybridized carbons (Fsp3) is 0.286. The first-order chi connectivity index (χ1) is 13.1. The van der Waals surface area contributed by atoms with E-state index >= 15 is 0 Å². The zero-order valence-corrected chi connectivity index (χ0v) is 16.9. The lowest BCUT2D eigenvalue weighted by atomic mass is 10.2. The smallest absolute Gasteiger partial charge is 0.268 e. The standard InChI is InChI=1S/C21H21BrN2O3/c1-3-16-12-24-17(10-13-5-4-6-19(27-16)20(13)24)21(25)23-11-14-9-15(22)7-8-18(14)26-2/h4-10,16H,3,11-12H2,1-2H3,(H,23,25)/t16-/m0/s1. The lowest BCUT2D eigenvalue weighted by Gasteiger charge is -2.26. The van der Waals surface area contributed by atoms with Gasteiger partial charge in [0.1, 0.15) is 23.3 Å². The van der Waals surface area contributed by atoms with Gasteiger partial charge in [-0.05, 0) is 36.8 Å². The molecule has 1 atom stereocenters. The van der Waals surface area contributed by atoms with Crippen LogP contribution in [0, 0.1) is 0 Å². The van der Waals surface area contributed by atoms with Gasteiger partial charge in [-0.3, -0.25) is 4.79 Å². The molecule has 1 aliphatic rings. The Morgan fingerprint density at radius 1 is 1.33 bits per heavy atom. The number of methoxy groups -OCH3 is 1. The SMILES string of the molecule is CC[C@H]1Cn2c(C(=O)NCc3cc(Br)ccc3OC)cc3cccc(c32)O1. The summed E-state index contributed by atoms with van der Waals surface area (Å²) in [5.74, 6) is 1.50. The topological polar surface area (TPSA) is 52.5 Å². The molecule has 1 aromatic heterocycles. The van der Waals surface area contributed by atoms with E-state index in [0.29, 0.717) is 18.8 Å². The number of carbonyl (C=O) groups is 1. The Morgan fingerprint density at radius 2 is 2.19 bits per heavy atom. The molecule has 0 bridgehead atoms. The number of ether oxygens (including phenoxy) is 2. The Kier molecular flexibility index (Phi) is 4.83. The summed E-state index contributed by atoms with van der Waals surface area (Å²) in [7, 11) is 1.63. The molecule has 0 spiro atoms. The van der Waals surface area contributed by atoms with Crippen LogP contribution < -0.4 is 14.8 Å². The molecule has 4 rings (SSSR count). The lowest BCUT2D eigenvalue weighted by molar-refractivity contribution is 0.0935. The summed E-state index contributed by atoms with van der Waals surface area (Å²) in [6, 6.07) is 13.6. The molecule has 0 aliphatic carbocycles. The van der Waals surface area contributed by atoms with Gasteiger partial charge in [0.05, 0.1) is 19.2 Å². The second-order valence-electron chi connectivity index (χ2n) is 6.62. The largest absolute Gasteiger partial charge is 0.496 e. The molecule has 1 amide bonds. The van der Waals surface area contributed by atoms with E-state index in [9.17, 15) is 4.79 Å². The van der Waals surface area contributed by atoms with Crippen molar-refractivity contribution < 1.29 is 14.3 Å². The fourth-order valence-corrected chi connectivity index (χ4v) is 3.96. The van der Waals surface area contributed by atoms with Gasteiger partial charge >= 0.3 is 0 Å². The number of nitrogens with one attached hydrogen (secondary N) is 1. The van der Waals surface area contributed by atoms with E-state index in [1.54, 1.807) is 7.11 Å². The third-order valence-electron chi connectivity index (χ3n) is 4.93. The molecule has 0 radical (unpaired) electrons. The van der Waals surface area contributed by atoms with Crippen LogP contribution in [0.25, 0.3) is 10.9 Å². The van der Waals surface area contributed by atoms with Gasteiger partial charge in [0.2, 0.25) is 0 Å². The Balaban J connectivity index is 1.63. The molecule has 0 saturated heterocycles. The van der Waals surface area contributed by atoms with Crippen LogP contribution in [0.3, 0.4) is 0 Å². The van der Waals surface area contributed by atoms with Crippen LogP contribution in [-0.4, -0.2) is 23.7 Å². The lowest BCUT2D eigenvalue weighted by Crippen LogP contribution is -2.31. The van der Waals surface area contributed by atoms with Crippen LogP contribution in [0.4, 0.5) is 0 Å². The van der Waals surface area contributed by atoms with Crippen molar-refractivity contribution >= 4 is 32.7 Å². The van der Waals surface area contributed by atoms with Gasteiger partial charge in [-0.25, -0.2) is 0 Å². The molecular weight excluding hydrogens is 408 g/mol. The Bertz CT molecular complexity index is 1010. The summed E-state index contributed by atoms with van der Waals surface area (Å²) in [6.45, 7) is 3.17. The van der Waals surface area contributed by atoms with Crippen molar-refractivity contribution in [3.8, 4) is 11.5 Å². The Morgan fingerprint density at radius 3 is 2.96 bits per heavy atom. The van der Waals surface area contributed by atoms with E-state index in [1.807, 2.05) is 42.5 Å². The quantitative estimate of drug-likeness (QED) is 0.649. The van der Waals surface area contributed by atoms with Gasteiger partial charge in [-0.1, -0.05) is 35.0 Å². The van der Waals surface area contributed by atoms with Crippen LogP contribution in [0.5, 0.6) is 11.5 Å². The summed E-state index contributed by atoms with van der Waals surface area (Å²) in [5, 5.41) is 4.05. The fourth-order valence-electron chi connectivity index (χ4n) is 3.55. The monoisotopic (exact) mass is 428 g/mol. The van der Waals surface area contributed by atoms with Crippen molar-refractivity contribution in [2.45, 2.75) is 32.5 Å². The normalized spacial score (nSPS) is 15.4. The minimum Gasteiger partial charge on any atom is -0.496 e. The van der Waals surface area contributed by atoms with Gasteiger partial charge in [0.15, 0.2) is 0 Å². The number of benzene rings is 2. The van der Waals surface area contributed by atoms with Crippen molar-refractivity contribution in [2.75, 3.05) is 7.11 Å². The number of hydrogen-bond acceptors (Lipinski definition) is 3. The zero-order valence-electron chi connectivity index (χ0n) is 15.3. The van der Waals surface area contributed by atoms with Gasteiger partial charge < -0.3 is 19.4 Å². The van der Waals surface area contributed by atoms with Crippen LogP contribution in [-0.2, 0) is 13.1 Å². The molecule has 2 heterocycles. The van der Waals surface area contributed by atoms with Crippen molar-refractivity contribution in [1.82, 2.24) is 9.88 Å². The molecule has 27 heavy (non-hydrogen) atoms. The van der Waals surface area contributed by atoms with Crippen LogP contribution in [0.2, 0.25) is 0 Å². The molecule has 5 nitrogen and oxygen atoms in total. The van der Waals surface area contributed by atoms with E-state index < -0.39 is 0 Å². The molecule has 0 unspecified atom stereocenters. The summed E-state index contributed by atoms with van der Waals surface area (Å²) in [4.78, 5) is 13.0. The van der Waals surface area contributed by atoms with Crippen LogP contribution in [0.1, 0.15) is 29.4 Å². The minimum absolute atomic E-state index is 0.0761. The summed E-state index contributed by atoms with van der Waals surface area (Å²) >= 11 is 3.47. The second-order valence-corrected chi connectivity index (χ2v) is 7.54. The molecule has 2 aromatic carbocycles. The molecule has 1 N–H and O–H groups in total. The number of aromatic nitrogens is 1. The number of carbonyl (C=O) groups excluding carboxylic acids is 1. The van der Waals surface area contributed by atoms with Gasteiger partial charge in [-0.15, -0.1) is 0 Å². The number of amides is 1. The second kappa shape index (κ2) is 7.27. The predicted octanol–water partition coefficient (Wildman–Crippen LogP) is 4.51. The van der Waals surface area contributed by atoms with Crippen molar-refractivity contribution in [3.63, 3.8) is 0 Å². The highest BCUT2D eigenvalue weighted by atomic mass is 79.9. The number of halogens is 1. The number of hydrogen-bond donors (Lipinski definition) is 1. The average molecular weight is 429 g/mol. The van der Waals surface area contributed by atoms with Crippen molar-refractivity contribution in [1.29, 1.82) is 0 Å². The first-order valence-corrected chi connectivity index (χ1v) is 9.79. The van der Waals surface area contributed by atoms with E-state index in [2.05, 4.69) is 32.7 Å².